The highest BCUT2D eigenvalue weighted by Crippen LogP contribution is 2.30. The molecule has 0 bridgehead atoms. The molecule has 1 heterocycles. The number of nitrogens with zero attached hydrogens (tertiary/aromatic N) is 2. The molecule has 0 radical (unpaired) electrons. The molecule has 0 atom stereocenters. The number of carbonyl (C=O) groups is 1. The maximum absolute atomic E-state index is 11.5. The molecule has 1 aliphatic carbocycles. The largest absolute Gasteiger partial charge is 0.461 e. The molecule has 1 aliphatic rings. The quantitative estimate of drug-likeness (QED) is 0.766. The van der Waals surface area contributed by atoms with Gasteiger partial charge in [-0.3, -0.25) is 4.68 Å². The van der Waals surface area contributed by atoms with E-state index in [4.69, 9.17) is 16.3 Å². The SMILES string of the molecule is CCOC(=O)c1nn(C2CCCC2)cc1Cl. The van der Waals surface area contributed by atoms with Crippen LogP contribution in [-0.4, -0.2) is 22.4 Å². The lowest BCUT2D eigenvalue weighted by atomic mass is 10.3. The van der Waals surface area contributed by atoms with Crippen molar-refractivity contribution in [3.8, 4) is 0 Å². The Morgan fingerprint density at radius 3 is 2.94 bits per heavy atom. The van der Waals surface area contributed by atoms with Gasteiger partial charge < -0.3 is 4.74 Å². The van der Waals surface area contributed by atoms with Crippen molar-refractivity contribution in [2.24, 2.45) is 0 Å². The summed E-state index contributed by atoms with van der Waals surface area (Å²) in [6.45, 7) is 2.10. The van der Waals surface area contributed by atoms with Crippen molar-refractivity contribution in [3.63, 3.8) is 0 Å². The molecule has 0 amide bonds. The summed E-state index contributed by atoms with van der Waals surface area (Å²) in [7, 11) is 0. The number of hydrogen-bond donors (Lipinski definition) is 0. The van der Waals surface area contributed by atoms with Crippen molar-refractivity contribution < 1.29 is 9.53 Å². The Morgan fingerprint density at radius 2 is 2.31 bits per heavy atom. The molecule has 0 saturated heterocycles. The number of rotatable bonds is 3. The summed E-state index contributed by atoms with van der Waals surface area (Å²) in [4.78, 5) is 11.5. The van der Waals surface area contributed by atoms with Crippen molar-refractivity contribution in [2.45, 2.75) is 38.6 Å². The molecule has 1 aromatic rings. The zero-order valence-corrected chi connectivity index (χ0v) is 10.0. The highest BCUT2D eigenvalue weighted by atomic mass is 35.5. The van der Waals surface area contributed by atoms with Gasteiger partial charge in [-0.1, -0.05) is 24.4 Å². The van der Waals surface area contributed by atoms with Crippen LogP contribution in [0.3, 0.4) is 0 Å². The van der Waals surface area contributed by atoms with Crippen molar-refractivity contribution in [1.29, 1.82) is 0 Å². The van der Waals surface area contributed by atoms with Crippen LogP contribution in [0.15, 0.2) is 6.20 Å². The van der Waals surface area contributed by atoms with Gasteiger partial charge in [0.25, 0.3) is 0 Å². The molecule has 0 aromatic carbocycles. The van der Waals surface area contributed by atoms with Gasteiger partial charge in [-0.15, -0.1) is 0 Å². The molecular formula is C11H15ClN2O2. The molecule has 1 saturated carbocycles. The minimum absolute atomic E-state index is 0.232. The number of ether oxygens (including phenoxy) is 1. The molecule has 16 heavy (non-hydrogen) atoms. The predicted octanol–water partition coefficient (Wildman–Crippen LogP) is 2.83. The van der Waals surface area contributed by atoms with Crippen LogP contribution < -0.4 is 0 Å². The Morgan fingerprint density at radius 1 is 1.62 bits per heavy atom. The summed E-state index contributed by atoms with van der Waals surface area (Å²) in [5.41, 5.74) is 0.232. The van der Waals surface area contributed by atoms with E-state index >= 15 is 0 Å². The Bertz CT molecular complexity index is 383. The van der Waals surface area contributed by atoms with Crippen molar-refractivity contribution in [3.05, 3.63) is 16.9 Å². The predicted molar refractivity (Wildman–Crippen MR) is 60.7 cm³/mol. The van der Waals surface area contributed by atoms with E-state index in [1.807, 2.05) is 4.68 Å². The summed E-state index contributed by atoms with van der Waals surface area (Å²) in [6.07, 6.45) is 6.39. The van der Waals surface area contributed by atoms with E-state index in [0.717, 1.165) is 12.8 Å². The maximum atomic E-state index is 11.5. The number of aromatic nitrogens is 2. The van der Waals surface area contributed by atoms with Crippen LogP contribution in [0.4, 0.5) is 0 Å². The van der Waals surface area contributed by atoms with Gasteiger partial charge in [0, 0.05) is 6.20 Å². The second kappa shape index (κ2) is 4.87. The van der Waals surface area contributed by atoms with Gasteiger partial charge in [-0.2, -0.15) is 5.10 Å². The van der Waals surface area contributed by atoms with E-state index in [1.165, 1.54) is 12.8 Å². The van der Waals surface area contributed by atoms with E-state index in [9.17, 15) is 4.79 Å². The molecule has 1 fully saturated rings. The van der Waals surface area contributed by atoms with Gasteiger partial charge >= 0.3 is 5.97 Å². The van der Waals surface area contributed by atoms with Crippen LogP contribution in [0.2, 0.25) is 5.02 Å². The second-order valence-corrected chi connectivity index (χ2v) is 4.37. The third-order valence-corrected chi connectivity index (χ3v) is 3.13. The highest BCUT2D eigenvalue weighted by molar-refractivity contribution is 6.33. The first-order valence-corrected chi connectivity index (χ1v) is 6.02. The third kappa shape index (κ3) is 2.21. The van der Waals surface area contributed by atoms with Crippen molar-refractivity contribution in [2.75, 3.05) is 6.61 Å². The summed E-state index contributed by atoms with van der Waals surface area (Å²) in [6, 6.07) is 0.390. The summed E-state index contributed by atoms with van der Waals surface area (Å²) in [5, 5.41) is 4.60. The monoisotopic (exact) mass is 242 g/mol. The molecule has 1 aromatic heterocycles. The average molecular weight is 243 g/mol. The van der Waals surface area contributed by atoms with Crippen LogP contribution in [0.1, 0.15) is 49.1 Å². The summed E-state index contributed by atoms with van der Waals surface area (Å²) in [5.74, 6) is -0.441. The first-order chi connectivity index (χ1) is 7.72. The Balaban J connectivity index is 2.17. The molecule has 5 heteroatoms. The first-order valence-electron chi connectivity index (χ1n) is 5.64. The normalized spacial score (nSPS) is 16.6. The van der Waals surface area contributed by atoms with Gasteiger partial charge in [0.15, 0.2) is 5.69 Å². The van der Waals surface area contributed by atoms with Crippen molar-refractivity contribution in [1.82, 2.24) is 9.78 Å². The van der Waals surface area contributed by atoms with E-state index in [1.54, 1.807) is 13.1 Å². The number of hydrogen-bond acceptors (Lipinski definition) is 3. The number of carbonyl (C=O) groups excluding carboxylic acids is 1. The van der Waals surface area contributed by atoms with Gasteiger partial charge in [0.05, 0.1) is 17.7 Å². The van der Waals surface area contributed by atoms with E-state index in [-0.39, 0.29) is 5.69 Å². The zero-order chi connectivity index (χ0) is 11.5. The molecular weight excluding hydrogens is 228 g/mol. The van der Waals surface area contributed by atoms with Crippen LogP contribution >= 0.6 is 11.6 Å². The van der Waals surface area contributed by atoms with E-state index in [2.05, 4.69) is 5.10 Å². The smallest absolute Gasteiger partial charge is 0.360 e. The second-order valence-electron chi connectivity index (χ2n) is 3.96. The topological polar surface area (TPSA) is 44.1 Å². The highest BCUT2D eigenvalue weighted by Gasteiger charge is 2.22. The maximum Gasteiger partial charge on any atom is 0.360 e. The van der Waals surface area contributed by atoms with Crippen LogP contribution in [0, 0.1) is 0 Å². The fourth-order valence-corrected chi connectivity index (χ4v) is 2.28. The van der Waals surface area contributed by atoms with Crippen LogP contribution in [0.25, 0.3) is 0 Å². The van der Waals surface area contributed by atoms with Crippen LogP contribution in [0.5, 0.6) is 0 Å². The Hall–Kier alpha value is -1.03. The Kier molecular flexibility index (Phi) is 3.49. The molecule has 0 N–H and O–H groups in total. The van der Waals surface area contributed by atoms with Gasteiger partial charge in [-0.25, -0.2) is 4.79 Å². The lowest BCUT2D eigenvalue weighted by Crippen LogP contribution is -2.09. The standard InChI is InChI=1S/C11H15ClN2O2/c1-2-16-11(15)10-9(12)7-14(13-10)8-5-3-4-6-8/h7-8H,2-6H2,1H3. The average Bonchev–Trinajstić information content (AvgIpc) is 2.86. The van der Waals surface area contributed by atoms with Gasteiger partial charge in [0.2, 0.25) is 0 Å². The molecule has 2 rings (SSSR count). The fraction of sp³-hybridized carbons (Fsp3) is 0.636. The van der Waals surface area contributed by atoms with Crippen LogP contribution in [-0.2, 0) is 4.74 Å². The lowest BCUT2D eigenvalue weighted by molar-refractivity contribution is 0.0518. The molecule has 0 unspecified atom stereocenters. The number of esters is 1. The first kappa shape index (κ1) is 11.5. The summed E-state index contributed by atoms with van der Waals surface area (Å²) >= 11 is 5.97. The van der Waals surface area contributed by atoms with Gasteiger partial charge in [0.1, 0.15) is 0 Å². The number of halogens is 1. The molecule has 88 valence electrons. The van der Waals surface area contributed by atoms with E-state index < -0.39 is 5.97 Å². The zero-order valence-electron chi connectivity index (χ0n) is 9.28. The Labute approximate surface area is 99.5 Å². The molecule has 0 aliphatic heterocycles. The lowest BCUT2D eigenvalue weighted by Gasteiger charge is -2.08. The van der Waals surface area contributed by atoms with Gasteiger partial charge in [-0.05, 0) is 19.8 Å². The minimum Gasteiger partial charge on any atom is -0.461 e. The minimum atomic E-state index is -0.441. The van der Waals surface area contributed by atoms with E-state index in [0.29, 0.717) is 17.7 Å². The molecule has 4 nitrogen and oxygen atoms in total. The fourth-order valence-electron chi connectivity index (χ4n) is 2.06. The summed E-state index contributed by atoms with van der Waals surface area (Å²) < 4.78 is 6.69. The third-order valence-electron chi connectivity index (χ3n) is 2.85. The molecule has 0 spiro atoms. The van der Waals surface area contributed by atoms with Crippen molar-refractivity contribution >= 4 is 17.6 Å².